The Morgan fingerprint density at radius 1 is 1.45 bits per heavy atom. The van der Waals surface area contributed by atoms with Crippen LogP contribution in [0.3, 0.4) is 0 Å². The fourth-order valence-corrected chi connectivity index (χ4v) is 3.24. The molecule has 1 unspecified atom stereocenters. The zero-order valence-electron chi connectivity index (χ0n) is 10.6. The van der Waals surface area contributed by atoms with Crippen LogP contribution in [0.5, 0.6) is 0 Å². The molecule has 1 heterocycles. The third-order valence-electron chi connectivity index (χ3n) is 3.16. The van der Waals surface area contributed by atoms with Gasteiger partial charge in [0.2, 0.25) is 0 Å². The van der Waals surface area contributed by atoms with Gasteiger partial charge in [0, 0.05) is 24.6 Å². The lowest BCUT2D eigenvalue weighted by Gasteiger charge is -2.32. The number of hydrogen-bond donors (Lipinski definition) is 1. The van der Waals surface area contributed by atoms with E-state index in [1.165, 1.54) is 6.07 Å². The van der Waals surface area contributed by atoms with Gasteiger partial charge in [-0.3, -0.25) is 9.69 Å². The standard InChI is InChI=1S/C13H14F3NO2S/c14-13(15,16)10-3-1-2-9(6-10)7-17-4-5-20-8-11(17)12(18)19/h1-3,6,11H,4-5,7-8H2,(H,18,19). The van der Waals surface area contributed by atoms with E-state index in [-0.39, 0.29) is 6.54 Å². The van der Waals surface area contributed by atoms with Crippen molar-refractivity contribution in [3.8, 4) is 0 Å². The molecule has 0 saturated carbocycles. The van der Waals surface area contributed by atoms with Crippen molar-refractivity contribution in [2.75, 3.05) is 18.1 Å². The second-order valence-corrected chi connectivity index (χ2v) is 5.75. The summed E-state index contributed by atoms with van der Waals surface area (Å²) in [4.78, 5) is 12.9. The third-order valence-corrected chi connectivity index (χ3v) is 4.19. The van der Waals surface area contributed by atoms with Gasteiger partial charge in [0.05, 0.1) is 5.56 Å². The van der Waals surface area contributed by atoms with E-state index >= 15 is 0 Å². The summed E-state index contributed by atoms with van der Waals surface area (Å²) in [5.41, 5.74) is -0.216. The second kappa shape index (κ2) is 6.05. The minimum Gasteiger partial charge on any atom is -0.480 e. The Balaban J connectivity index is 2.14. The van der Waals surface area contributed by atoms with Gasteiger partial charge in [-0.2, -0.15) is 24.9 Å². The zero-order chi connectivity index (χ0) is 14.8. The molecule has 1 N–H and O–H groups in total. The summed E-state index contributed by atoms with van der Waals surface area (Å²) in [6.45, 7) is 0.791. The van der Waals surface area contributed by atoms with Crippen molar-refractivity contribution < 1.29 is 23.1 Å². The Bertz CT molecular complexity index is 493. The topological polar surface area (TPSA) is 40.5 Å². The molecule has 1 aromatic rings. The molecule has 7 heteroatoms. The largest absolute Gasteiger partial charge is 0.480 e. The Kier molecular flexibility index (Phi) is 4.59. The first-order valence-electron chi connectivity index (χ1n) is 6.08. The van der Waals surface area contributed by atoms with Crippen LogP contribution < -0.4 is 0 Å². The fraction of sp³-hybridized carbons (Fsp3) is 0.462. The Morgan fingerprint density at radius 2 is 2.20 bits per heavy atom. The summed E-state index contributed by atoms with van der Waals surface area (Å²) in [6, 6.07) is 4.41. The molecule has 1 fully saturated rings. The molecule has 20 heavy (non-hydrogen) atoms. The first-order valence-corrected chi connectivity index (χ1v) is 7.24. The molecule has 0 spiro atoms. The molecular weight excluding hydrogens is 291 g/mol. The van der Waals surface area contributed by atoms with Gasteiger partial charge in [-0.25, -0.2) is 0 Å². The highest BCUT2D eigenvalue weighted by Crippen LogP contribution is 2.30. The smallest absolute Gasteiger partial charge is 0.416 e. The predicted octanol–water partition coefficient (Wildman–Crippen LogP) is 2.71. The minimum absolute atomic E-state index is 0.224. The van der Waals surface area contributed by atoms with Crippen LogP contribution >= 0.6 is 11.8 Å². The maximum Gasteiger partial charge on any atom is 0.416 e. The van der Waals surface area contributed by atoms with Crippen LogP contribution in [-0.2, 0) is 17.5 Å². The molecular formula is C13H14F3NO2S. The van der Waals surface area contributed by atoms with Crippen molar-refractivity contribution in [2.45, 2.75) is 18.8 Å². The quantitative estimate of drug-likeness (QED) is 0.932. The van der Waals surface area contributed by atoms with Gasteiger partial charge in [0.15, 0.2) is 0 Å². The van der Waals surface area contributed by atoms with E-state index < -0.39 is 23.8 Å². The fourth-order valence-electron chi connectivity index (χ4n) is 2.14. The lowest BCUT2D eigenvalue weighted by Crippen LogP contribution is -2.46. The number of benzene rings is 1. The average molecular weight is 305 g/mol. The van der Waals surface area contributed by atoms with Crippen LogP contribution in [0.25, 0.3) is 0 Å². The van der Waals surface area contributed by atoms with Gasteiger partial charge in [-0.1, -0.05) is 18.2 Å². The Hall–Kier alpha value is -1.21. The number of aliphatic carboxylic acids is 1. The van der Waals surface area contributed by atoms with E-state index in [1.54, 1.807) is 22.7 Å². The molecule has 1 saturated heterocycles. The zero-order valence-corrected chi connectivity index (χ0v) is 11.4. The van der Waals surface area contributed by atoms with Gasteiger partial charge >= 0.3 is 12.1 Å². The predicted molar refractivity (Wildman–Crippen MR) is 70.6 cm³/mol. The van der Waals surface area contributed by atoms with Crippen LogP contribution in [0.2, 0.25) is 0 Å². The number of hydrogen-bond acceptors (Lipinski definition) is 3. The first kappa shape index (κ1) is 15.2. The normalized spacial score (nSPS) is 20.9. The van der Waals surface area contributed by atoms with Gasteiger partial charge in [-0.05, 0) is 11.6 Å². The number of carboxylic acids is 1. The highest BCUT2D eigenvalue weighted by Gasteiger charge is 2.32. The number of halogens is 3. The summed E-state index contributed by atoms with van der Waals surface area (Å²) in [6.07, 6.45) is -4.38. The molecule has 1 aliphatic heterocycles. The molecule has 0 radical (unpaired) electrons. The van der Waals surface area contributed by atoms with E-state index in [0.29, 0.717) is 17.9 Å². The molecule has 1 aliphatic rings. The van der Waals surface area contributed by atoms with Crippen LogP contribution in [-0.4, -0.2) is 40.1 Å². The summed E-state index contributed by atoms with van der Waals surface area (Å²) >= 11 is 1.55. The van der Waals surface area contributed by atoms with Gasteiger partial charge < -0.3 is 5.11 Å². The van der Waals surface area contributed by atoms with E-state index in [9.17, 15) is 18.0 Å². The molecule has 3 nitrogen and oxygen atoms in total. The molecule has 1 aromatic carbocycles. The van der Waals surface area contributed by atoms with Crippen LogP contribution in [0.4, 0.5) is 13.2 Å². The monoisotopic (exact) mass is 305 g/mol. The lowest BCUT2D eigenvalue weighted by atomic mass is 10.1. The molecule has 1 atom stereocenters. The van der Waals surface area contributed by atoms with E-state index in [2.05, 4.69) is 0 Å². The average Bonchev–Trinajstić information content (AvgIpc) is 2.38. The van der Waals surface area contributed by atoms with Crippen molar-refractivity contribution >= 4 is 17.7 Å². The van der Waals surface area contributed by atoms with Crippen molar-refractivity contribution in [1.29, 1.82) is 0 Å². The molecule has 2 rings (SSSR count). The van der Waals surface area contributed by atoms with Gasteiger partial charge in [-0.15, -0.1) is 0 Å². The van der Waals surface area contributed by atoms with Gasteiger partial charge in [0.1, 0.15) is 6.04 Å². The van der Waals surface area contributed by atoms with Crippen molar-refractivity contribution in [3.05, 3.63) is 35.4 Å². The van der Waals surface area contributed by atoms with E-state index in [4.69, 9.17) is 5.11 Å². The second-order valence-electron chi connectivity index (χ2n) is 4.60. The summed E-state index contributed by atoms with van der Waals surface area (Å²) in [7, 11) is 0. The van der Waals surface area contributed by atoms with E-state index in [0.717, 1.165) is 17.9 Å². The Labute approximate surface area is 118 Å². The maximum atomic E-state index is 12.6. The van der Waals surface area contributed by atoms with Crippen molar-refractivity contribution in [2.24, 2.45) is 0 Å². The third kappa shape index (κ3) is 3.67. The number of alkyl halides is 3. The SMILES string of the molecule is O=C(O)C1CSCCN1Cc1cccc(C(F)(F)F)c1. The molecule has 0 bridgehead atoms. The number of nitrogens with zero attached hydrogens (tertiary/aromatic N) is 1. The number of thioether (sulfide) groups is 1. The summed E-state index contributed by atoms with van der Waals surface area (Å²) < 4.78 is 37.9. The van der Waals surface area contributed by atoms with Crippen molar-refractivity contribution in [1.82, 2.24) is 4.90 Å². The maximum absolute atomic E-state index is 12.6. The first-order chi connectivity index (χ1) is 9.38. The molecule has 0 amide bonds. The van der Waals surface area contributed by atoms with E-state index in [1.807, 2.05) is 0 Å². The molecule has 0 aliphatic carbocycles. The minimum atomic E-state index is -4.38. The van der Waals surface area contributed by atoms with Crippen LogP contribution in [0.15, 0.2) is 24.3 Å². The van der Waals surface area contributed by atoms with Crippen molar-refractivity contribution in [3.63, 3.8) is 0 Å². The Morgan fingerprint density at radius 3 is 2.85 bits per heavy atom. The number of rotatable bonds is 3. The number of carboxylic acid groups (broad SMARTS) is 1. The van der Waals surface area contributed by atoms with Gasteiger partial charge in [0.25, 0.3) is 0 Å². The lowest BCUT2D eigenvalue weighted by molar-refractivity contribution is -0.143. The summed E-state index contributed by atoms with van der Waals surface area (Å²) in [5.74, 6) is 0.334. The number of carbonyl (C=O) groups is 1. The highest BCUT2D eigenvalue weighted by atomic mass is 32.2. The molecule has 110 valence electrons. The highest BCUT2D eigenvalue weighted by molar-refractivity contribution is 7.99. The van der Waals surface area contributed by atoms with Crippen LogP contribution in [0.1, 0.15) is 11.1 Å². The molecule has 0 aromatic heterocycles. The summed E-state index contributed by atoms with van der Waals surface area (Å²) in [5, 5.41) is 9.14. The van der Waals surface area contributed by atoms with Crippen LogP contribution in [0, 0.1) is 0 Å².